The minimum atomic E-state index is -0.566. The first kappa shape index (κ1) is 12.9. The van der Waals surface area contributed by atoms with Gasteiger partial charge in [0.25, 0.3) is 5.91 Å². The van der Waals surface area contributed by atoms with E-state index in [2.05, 4.69) is 10.3 Å². The number of nitrogens with one attached hydrogen (secondary N) is 1. The zero-order valence-corrected chi connectivity index (χ0v) is 10.9. The van der Waals surface area contributed by atoms with Crippen molar-refractivity contribution < 1.29 is 4.79 Å². The molecule has 5 N–H and O–H groups in total. The molecule has 0 saturated heterocycles. The summed E-state index contributed by atoms with van der Waals surface area (Å²) >= 11 is 0. The number of primary amides is 1. The van der Waals surface area contributed by atoms with Crippen LogP contribution in [-0.2, 0) is 0 Å². The standard InChI is InChI=1S/C14H16N4O/c1-8-4-3-5-12(9(8)2)18-13-6-10(14(16)19)11(15)7-17-13/h3-7H,15H2,1-2H3,(H2,16,19)(H,17,18). The first-order valence-corrected chi connectivity index (χ1v) is 5.87. The summed E-state index contributed by atoms with van der Waals surface area (Å²) in [6, 6.07) is 7.49. The number of rotatable bonds is 3. The summed E-state index contributed by atoms with van der Waals surface area (Å²) in [6.45, 7) is 4.05. The molecular weight excluding hydrogens is 240 g/mol. The van der Waals surface area contributed by atoms with Crippen molar-refractivity contribution in [2.75, 3.05) is 11.1 Å². The van der Waals surface area contributed by atoms with Crippen LogP contribution in [0.5, 0.6) is 0 Å². The van der Waals surface area contributed by atoms with Gasteiger partial charge in [0.2, 0.25) is 0 Å². The van der Waals surface area contributed by atoms with Gasteiger partial charge in [-0.2, -0.15) is 0 Å². The Labute approximate surface area is 111 Å². The Hall–Kier alpha value is -2.56. The molecule has 2 rings (SSSR count). The van der Waals surface area contributed by atoms with Gasteiger partial charge in [0.1, 0.15) is 5.82 Å². The lowest BCUT2D eigenvalue weighted by molar-refractivity contribution is 0.100. The van der Waals surface area contributed by atoms with Gasteiger partial charge in [-0.1, -0.05) is 12.1 Å². The molecule has 0 radical (unpaired) electrons. The van der Waals surface area contributed by atoms with Crippen molar-refractivity contribution in [2.24, 2.45) is 5.73 Å². The molecule has 1 amide bonds. The topological polar surface area (TPSA) is 94.0 Å². The van der Waals surface area contributed by atoms with Crippen molar-refractivity contribution in [3.63, 3.8) is 0 Å². The fourth-order valence-corrected chi connectivity index (χ4v) is 1.77. The predicted octanol–water partition coefficient (Wildman–Crippen LogP) is 2.12. The van der Waals surface area contributed by atoms with Crippen molar-refractivity contribution in [3.8, 4) is 0 Å². The molecule has 2 aromatic rings. The van der Waals surface area contributed by atoms with Crippen molar-refractivity contribution in [3.05, 3.63) is 47.2 Å². The van der Waals surface area contributed by atoms with Crippen LogP contribution in [0.4, 0.5) is 17.2 Å². The highest BCUT2D eigenvalue weighted by Gasteiger charge is 2.09. The summed E-state index contributed by atoms with van der Waals surface area (Å²) in [5.41, 5.74) is 14.7. The average molecular weight is 256 g/mol. The van der Waals surface area contributed by atoms with Gasteiger partial charge in [0, 0.05) is 5.69 Å². The number of benzene rings is 1. The Morgan fingerprint density at radius 1 is 1.32 bits per heavy atom. The lowest BCUT2D eigenvalue weighted by Crippen LogP contribution is -2.14. The summed E-state index contributed by atoms with van der Waals surface area (Å²) in [4.78, 5) is 15.4. The highest BCUT2D eigenvalue weighted by molar-refractivity contribution is 5.98. The molecule has 98 valence electrons. The third kappa shape index (κ3) is 2.65. The van der Waals surface area contributed by atoms with Crippen LogP contribution in [0.15, 0.2) is 30.5 Å². The van der Waals surface area contributed by atoms with Gasteiger partial charge in [0.05, 0.1) is 17.4 Å². The highest BCUT2D eigenvalue weighted by atomic mass is 16.1. The monoisotopic (exact) mass is 256 g/mol. The van der Waals surface area contributed by atoms with Crippen LogP contribution in [0.1, 0.15) is 21.5 Å². The van der Waals surface area contributed by atoms with Crippen LogP contribution in [0.2, 0.25) is 0 Å². The van der Waals surface area contributed by atoms with Crippen LogP contribution >= 0.6 is 0 Å². The van der Waals surface area contributed by atoms with Gasteiger partial charge in [-0.3, -0.25) is 4.79 Å². The molecule has 0 saturated carbocycles. The van der Waals surface area contributed by atoms with Gasteiger partial charge < -0.3 is 16.8 Å². The molecule has 0 fully saturated rings. The fourth-order valence-electron chi connectivity index (χ4n) is 1.77. The molecule has 5 heteroatoms. The summed E-state index contributed by atoms with van der Waals surface area (Å²) in [7, 11) is 0. The van der Waals surface area contributed by atoms with Crippen LogP contribution in [0.25, 0.3) is 0 Å². The smallest absolute Gasteiger partial charge is 0.250 e. The molecule has 0 aliphatic heterocycles. The largest absolute Gasteiger partial charge is 0.397 e. The third-order valence-corrected chi connectivity index (χ3v) is 3.07. The molecule has 1 heterocycles. The lowest BCUT2D eigenvalue weighted by Gasteiger charge is -2.11. The van der Waals surface area contributed by atoms with E-state index >= 15 is 0 Å². The van der Waals surface area contributed by atoms with E-state index in [1.165, 1.54) is 11.8 Å². The van der Waals surface area contributed by atoms with E-state index < -0.39 is 5.91 Å². The molecule has 1 aromatic carbocycles. The number of carbonyl (C=O) groups is 1. The maximum atomic E-state index is 11.2. The zero-order valence-electron chi connectivity index (χ0n) is 10.9. The van der Waals surface area contributed by atoms with Gasteiger partial charge >= 0.3 is 0 Å². The summed E-state index contributed by atoms with van der Waals surface area (Å²) in [5, 5.41) is 3.16. The Morgan fingerprint density at radius 2 is 2.05 bits per heavy atom. The average Bonchev–Trinajstić information content (AvgIpc) is 2.37. The number of nitrogens with zero attached hydrogens (tertiary/aromatic N) is 1. The number of nitrogen functional groups attached to an aromatic ring is 1. The zero-order chi connectivity index (χ0) is 14.0. The van der Waals surface area contributed by atoms with Crippen molar-refractivity contribution >= 4 is 23.1 Å². The molecule has 5 nitrogen and oxygen atoms in total. The first-order valence-electron chi connectivity index (χ1n) is 5.87. The molecule has 1 aromatic heterocycles. The van der Waals surface area contributed by atoms with Crippen LogP contribution in [-0.4, -0.2) is 10.9 Å². The van der Waals surface area contributed by atoms with E-state index in [4.69, 9.17) is 11.5 Å². The summed E-state index contributed by atoms with van der Waals surface area (Å²) < 4.78 is 0. The van der Waals surface area contributed by atoms with E-state index in [1.807, 2.05) is 32.0 Å². The second-order valence-corrected chi connectivity index (χ2v) is 4.39. The molecule has 0 aliphatic carbocycles. The summed E-state index contributed by atoms with van der Waals surface area (Å²) in [6.07, 6.45) is 1.42. The van der Waals surface area contributed by atoms with Crippen LogP contribution in [0.3, 0.4) is 0 Å². The van der Waals surface area contributed by atoms with Gasteiger partial charge in [0.15, 0.2) is 0 Å². The number of carbonyl (C=O) groups excluding carboxylic acids is 1. The van der Waals surface area contributed by atoms with Crippen molar-refractivity contribution in [1.82, 2.24) is 4.98 Å². The molecular formula is C14H16N4O. The number of pyridine rings is 1. The Morgan fingerprint density at radius 3 is 2.74 bits per heavy atom. The Balaban J connectivity index is 2.36. The molecule has 0 aliphatic rings. The number of hydrogen-bond donors (Lipinski definition) is 3. The molecule has 0 atom stereocenters. The van der Waals surface area contributed by atoms with E-state index in [1.54, 1.807) is 6.07 Å². The number of anilines is 3. The normalized spacial score (nSPS) is 10.2. The number of aryl methyl sites for hydroxylation is 1. The molecule has 0 spiro atoms. The van der Waals surface area contributed by atoms with Gasteiger partial charge in [-0.25, -0.2) is 4.98 Å². The SMILES string of the molecule is Cc1cccc(Nc2cc(C(N)=O)c(N)cn2)c1C. The van der Waals surface area contributed by atoms with Crippen LogP contribution in [0, 0.1) is 13.8 Å². The molecule has 19 heavy (non-hydrogen) atoms. The highest BCUT2D eigenvalue weighted by Crippen LogP contribution is 2.23. The second kappa shape index (κ2) is 4.97. The Bertz CT molecular complexity index is 637. The molecule has 0 bridgehead atoms. The van der Waals surface area contributed by atoms with Gasteiger partial charge in [-0.15, -0.1) is 0 Å². The predicted molar refractivity (Wildman–Crippen MR) is 76.4 cm³/mol. The van der Waals surface area contributed by atoms with Crippen molar-refractivity contribution in [1.29, 1.82) is 0 Å². The maximum Gasteiger partial charge on any atom is 0.250 e. The van der Waals surface area contributed by atoms with Gasteiger partial charge in [-0.05, 0) is 37.1 Å². The number of aromatic nitrogens is 1. The minimum absolute atomic E-state index is 0.266. The Kier molecular flexibility index (Phi) is 3.37. The van der Waals surface area contributed by atoms with E-state index in [0.29, 0.717) is 5.82 Å². The third-order valence-electron chi connectivity index (χ3n) is 3.07. The number of amides is 1. The minimum Gasteiger partial charge on any atom is -0.397 e. The quantitative estimate of drug-likeness (QED) is 0.784. The maximum absolute atomic E-state index is 11.2. The van der Waals surface area contributed by atoms with E-state index in [0.717, 1.165) is 11.3 Å². The fraction of sp³-hybridized carbons (Fsp3) is 0.143. The van der Waals surface area contributed by atoms with Crippen LogP contribution < -0.4 is 16.8 Å². The van der Waals surface area contributed by atoms with E-state index in [9.17, 15) is 4.79 Å². The first-order chi connectivity index (χ1) is 8.99. The number of nitrogens with two attached hydrogens (primary N) is 2. The number of hydrogen-bond acceptors (Lipinski definition) is 4. The second-order valence-electron chi connectivity index (χ2n) is 4.39. The van der Waals surface area contributed by atoms with E-state index in [-0.39, 0.29) is 11.3 Å². The summed E-state index contributed by atoms with van der Waals surface area (Å²) in [5.74, 6) is -0.0272. The lowest BCUT2D eigenvalue weighted by atomic mass is 10.1. The molecule has 0 unspecified atom stereocenters. The van der Waals surface area contributed by atoms with Crippen molar-refractivity contribution in [2.45, 2.75) is 13.8 Å².